The van der Waals surface area contributed by atoms with E-state index in [1.165, 1.54) is 0 Å². The van der Waals surface area contributed by atoms with Crippen molar-refractivity contribution in [2.45, 2.75) is 79.1 Å². The number of fused-ring (bicyclic) bond motifs is 3. The molecule has 5 nitrogen and oxygen atoms in total. The van der Waals surface area contributed by atoms with Crippen LogP contribution in [0.1, 0.15) is 79.1 Å². The Morgan fingerprint density at radius 2 is 1.75 bits per heavy atom. The molecule has 3 aliphatic carbocycles. The van der Waals surface area contributed by atoms with Gasteiger partial charge in [-0.2, -0.15) is 0 Å². The first-order valence-electron chi connectivity index (χ1n) is 11.2. The molecule has 3 fully saturated rings. The van der Waals surface area contributed by atoms with E-state index in [0.29, 0.717) is 30.6 Å². The summed E-state index contributed by atoms with van der Waals surface area (Å²) in [6, 6.07) is 0. The van der Waals surface area contributed by atoms with Gasteiger partial charge in [0.25, 0.3) is 0 Å². The van der Waals surface area contributed by atoms with Gasteiger partial charge in [-0.1, -0.05) is 13.8 Å². The number of amides is 1. The molecular formula is C23H37NO4. The average molecular weight is 392 g/mol. The second kappa shape index (κ2) is 7.79. The number of ketones is 1. The minimum absolute atomic E-state index is 0.0228. The lowest BCUT2D eigenvalue weighted by molar-refractivity contribution is -0.152. The molecule has 0 aromatic heterocycles. The van der Waals surface area contributed by atoms with Gasteiger partial charge in [-0.15, -0.1) is 0 Å². The van der Waals surface area contributed by atoms with Gasteiger partial charge in [-0.05, 0) is 75.5 Å². The lowest BCUT2D eigenvalue weighted by atomic mass is 9.48. The van der Waals surface area contributed by atoms with Crippen LogP contribution in [0.25, 0.3) is 0 Å². The van der Waals surface area contributed by atoms with Crippen LogP contribution < -0.4 is 0 Å². The molecule has 0 aromatic carbocycles. The highest BCUT2D eigenvalue weighted by atomic mass is 16.4. The van der Waals surface area contributed by atoms with Crippen LogP contribution in [0.3, 0.4) is 0 Å². The second-order valence-corrected chi connectivity index (χ2v) is 9.83. The Labute approximate surface area is 169 Å². The fraction of sp³-hybridized carbons (Fsp3) is 0.870. The highest BCUT2D eigenvalue weighted by molar-refractivity contribution is 5.86. The number of hydrogen-bond donors (Lipinski definition) is 1. The van der Waals surface area contributed by atoms with Gasteiger partial charge in [0.2, 0.25) is 5.91 Å². The van der Waals surface area contributed by atoms with Gasteiger partial charge in [-0.25, -0.2) is 0 Å². The highest BCUT2D eigenvalue weighted by Gasteiger charge is 2.60. The summed E-state index contributed by atoms with van der Waals surface area (Å²) in [6.07, 6.45) is 5.95. The van der Waals surface area contributed by atoms with Crippen molar-refractivity contribution in [3.05, 3.63) is 0 Å². The monoisotopic (exact) mass is 391 g/mol. The third-order valence-electron chi connectivity index (χ3n) is 8.83. The number of hydrogen-bond acceptors (Lipinski definition) is 3. The van der Waals surface area contributed by atoms with E-state index >= 15 is 0 Å². The van der Waals surface area contributed by atoms with Crippen LogP contribution >= 0.6 is 0 Å². The van der Waals surface area contributed by atoms with E-state index in [-0.39, 0.29) is 29.5 Å². The maximum Gasteiger partial charge on any atom is 0.303 e. The van der Waals surface area contributed by atoms with Crippen LogP contribution in [0.2, 0.25) is 0 Å². The predicted molar refractivity (Wildman–Crippen MR) is 108 cm³/mol. The van der Waals surface area contributed by atoms with Crippen LogP contribution in [-0.4, -0.2) is 40.8 Å². The normalized spacial score (nSPS) is 39.9. The molecule has 0 heterocycles. The molecular weight excluding hydrogens is 354 g/mol. The van der Waals surface area contributed by atoms with Crippen LogP contribution in [0, 0.1) is 34.5 Å². The van der Waals surface area contributed by atoms with E-state index in [1.807, 2.05) is 25.7 Å². The molecule has 6 unspecified atom stereocenters. The molecule has 3 aliphatic rings. The topological polar surface area (TPSA) is 74.7 Å². The number of carbonyl (C=O) groups excluding carboxylic acids is 2. The molecule has 0 aromatic rings. The van der Waals surface area contributed by atoms with Gasteiger partial charge < -0.3 is 10.0 Å². The van der Waals surface area contributed by atoms with Crippen LogP contribution in [-0.2, 0) is 14.4 Å². The Morgan fingerprint density at radius 3 is 2.36 bits per heavy atom. The molecule has 3 saturated carbocycles. The van der Waals surface area contributed by atoms with Gasteiger partial charge in [0.05, 0.1) is 0 Å². The van der Waals surface area contributed by atoms with Crippen molar-refractivity contribution < 1.29 is 19.5 Å². The first kappa shape index (κ1) is 21.3. The molecule has 5 heteroatoms. The van der Waals surface area contributed by atoms with E-state index in [2.05, 4.69) is 6.92 Å². The number of carboxylic acids is 1. The smallest absolute Gasteiger partial charge is 0.303 e. The van der Waals surface area contributed by atoms with E-state index in [9.17, 15) is 19.5 Å². The van der Waals surface area contributed by atoms with Gasteiger partial charge in [0.1, 0.15) is 5.78 Å². The molecule has 0 radical (unpaired) electrons. The number of nitrogens with zero attached hydrogens (tertiary/aromatic N) is 1. The van der Waals surface area contributed by atoms with Crippen LogP contribution in [0.4, 0.5) is 0 Å². The molecule has 1 amide bonds. The van der Waals surface area contributed by atoms with Crippen molar-refractivity contribution in [2.75, 3.05) is 13.1 Å². The summed E-state index contributed by atoms with van der Waals surface area (Å²) in [5.74, 6) is 1.05. The van der Waals surface area contributed by atoms with E-state index < -0.39 is 11.4 Å². The number of rotatable bonds is 6. The van der Waals surface area contributed by atoms with Crippen molar-refractivity contribution in [3.63, 3.8) is 0 Å². The maximum atomic E-state index is 13.2. The van der Waals surface area contributed by atoms with Gasteiger partial charge in [0.15, 0.2) is 0 Å². The van der Waals surface area contributed by atoms with Crippen LogP contribution in [0.5, 0.6) is 0 Å². The van der Waals surface area contributed by atoms with E-state index in [0.717, 1.165) is 45.2 Å². The van der Waals surface area contributed by atoms with Crippen molar-refractivity contribution >= 4 is 17.7 Å². The van der Waals surface area contributed by atoms with Crippen LogP contribution in [0.15, 0.2) is 0 Å². The van der Waals surface area contributed by atoms with Gasteiger partial charge >= 0.3 is 5.97 Å². The Balaban J connectivity index is 1.84. The molecule has 6 atom stereocenters. The first-order valence-corrected chi connectivity index (χ1v) is 11.2. The summed E-state index contributed by atoms with van der Waals surface area (Å²) in [6.45, 7) is 9.96. The summed E-state index contributed by atoms with van der Waals surface area (Å²) in [5, 5.41) is 9.17. The Kier molecular flexibility index (Phi) is 5.94. The fourth-order valence-corrected chi connectivity index (χ4v) is 7.12. The van der Waals surface area contributed by atoms with Crippen molar-refractivity contribution in [2.24, 2.45) is 34.5 Å². The molecule has 0 aliphatic heterocycles. The number of carbonyl (C=O) groups is 3. The first-order chi connectivity index (χ1) is 13.2. The zero-order valence-corrected chi connectivity index (χ0v) is 18.0. The summed E-state index contributed by atoms with van der Waals surface area (Å²) in [4.78, 5) is 39.2. The molecule has 0 spiro atoms. The molecule has 3 rings (SSSR count). The predicted octanol–water partition coefficient (Wildman–Crippen LogP) is 4.15. The lowest BCUT2D eigenvalue weighted by Gasteiger charge is -2.55. The number of Topliss-reactive ketones (excluding diaryl/α,β-unsaturated/α-hetero) is 1. The minimum atomic E-state index is -0.817. The van der Waals surface area contributed by atoms with Gasteiger partial charge in [-0.3, -0.25) is 14.4 Å². The average Bonchev–Trinajstić information content (AvgIpc) is 3.01. The highest BCUT2D eigenvalue weighted by Crippen LogP contribution is 2.64. The van der Waals surface area contributed by atoms with Crippen molar-refractivity contribution in [3.8, 4) is 0 Å². The third kappa shape index (κ3) is 3.29. The lowest BCUT2D eigenvalue weighted by Crippen LogP contribution is -2.53. The number of carboxylic acid groups (broad SMARTS) is 1. The summed E-state index contributed by atoms with van der Waals surface area (Å²) in [5.41, 5.74) is -0.488. The van der Waals surface area contributed by atoms with Gasteiger partial charge in [0, 0.05) is 37.3 Å². The largest absolute Gasteiger partial charge is 0.481 e. The Hall–Kier alpha value is -1.39. The van der Waals surface area contributed by atoms with E-state index in [1.54, 1.807) is 0 Å². The maximum absolute atomic E-state index is 13.2. The molecule has 28 heavy (non-hydrogen) atoms. The van der Waals surface area contributed by atoms with E-state index in [4.69, 9.17) is 0 Å². The quantitative estimate of drug-likeness (QED) is 0.738. The Bertz CT molecular complexity index is 643. The van der Waals surface area contributed by atoms with Crippen molar-refractivity contribution in [1.82, 2.24) is 4.90 Å². The fourth-order valence-electron chi connectivity index (χ4n) is 7.12. The summed E-state index contributed by atoms with van der Waals surface area (Å²) < 4.78 is 0. The minimum Gasteiger partial charge on any atom is -0.481 e. The third-order valence-corrected chi connectivity index (χ3v) is 8.83. The number of aliphatic carboxylic acids is 1. The standard InChI is InChI=1S/C23H37NO4/c1-5-24(6-2)21(28)18-9-8-16-15-7-10-19(25)23(4,14-12-20(26)27)17(15)11-13-22(16,18)3/h15-18H,5-14H2,1-4H3,(H,26,27). The molecule has 0 saturated heterocycles. The molecule has 0 bridgehead atoms. The van der Waals surface area contributed by atoms with Crippen molar-refractivity contribution in [1.29, 1.82) is 0 Å². The SMILES string of the molecule is CCN(CC)C(=O)C1CCC2C3CCC(=O)C(C)(CCC(=O)O)C3CCC12C. The summed E-state index contributed by atoms with van der Waals surface area (Å²) in [7, 11) is 0. The zero-order valence-electron chi connectivity index (χ0n) is 18.0. The summed E-state index contributed by atoms with van der Waals surface area (Å²) >= 11 is 0. The Morgan fingerprint density at radius 1 is 1.07 bits per heavy atom. The second-order valence-electron chi connectivity index (χ2n) is 9.83. The molecule has 1 N–H and O–H groups in total. The molecule has 158 valence electrons. The zero-order chi connectivity index (χ0) is 20.7.